The first-order valence-corrected chi connectivity index (χ1v) is 8.80. The summed E-state index contributed by atoms with van der Waals surface area (Å²) in [6.45, 7) is 14.1. The van der Waals surface area contributed by atoms with E-state index in [0.717, 1.165) is 12.1 Å². The third-order valence-electron chi connectivity index (χ3n) is 3.81. The second-order valence-electron chi connectivity index (χ2n) is 8.78. The monoisotopic (exact) mass is 352 g/mol. The van der Waals surface area contributed by atoms with E-state index in [0.29, 0.717) is 13.1 Å². The molecule has 0 spiro atoms. The van der Waals surface area contributed by atoms with Crippen molar-refractivity contribution in [3.05, 3.63) is 35.6 Å². The minimum atomic E-state index is -0.379. The fourth-order valence-electron chi connectivity index (χ4n) is 2.82. The summed E-state index contributed by atoms with van der Waals surface area (Å²) in [4.78, 5) is 16.7. The average molecular weight is 352 g/mol. The van der Waals surface area contributed by atoms with Gasteiger partial charge in [-0.2, -0.15) is 0 Å². The van der Waals surface area contributed by atoms with Crippen LogP contribution in [0.5, 0.6) is 0 Å². The predicted molar refractivity (Wildman–Crippen MR) is 99.7 cm³/mol. The molecule has 4 nitrogen and oxygen atoms in total. The number of halogens is 1. The van der Waals surface area contributed by atoms with Gasteiger partial charge in [-0.05, 0) is 43.9 Å². The number of aliphatic hydroxyl groups excluding tert-OH is 1. The van der Waals surface area contributed by atoms with Gasteiger partial charge in [0, 0.05) is 25.2 Å². The van der Waals surface area contributed by atoms with E-state index in [4.69, 9.17) is 0 Å². The minimum absolute atomic E-state index is 0.0166. The van der Waals surface area contributed by atoms with E-state index in [1.165, 1.54) is 12.1 Å². The molecule has 1 aromatic carbocycles. The lowest BCUT2D eigenvalue weighted by molar-refractivity contribution is -0.138. The van der Waals surface area contributed by atoms with E-state index in [9.17, 15) is 14.3 Å². The number of hydrogen-bond donors (Lipinski definition) is 1. The average Bonchev–Trinajstić information content (AvgIpc) is 2.42. The van der Waals surface area contributed by atoms with E-state index in [1.54, 1.807) is 11.0 Å². The van der Waals surface area contributed by atoms with Crippen molar-refractivity contribution in [2.45, 2.75) is 53.6 Å². The molecule has 1 N–H and O–H groups in total. The highest BCUT2D eigenvalue weighted by atomic mass is 19.1. The van der Waals surface area contributed by atoms with Crippen molar-refractivity contribution in [3.63, 3.8) is 0 Å². The summed E-state index contributed by atoms with van der Waals surface area (Å²) in [7, 11) is 0. The van der Waals surface area contributed by atoms with Crippen molar-refractivity contribution in [1.82, 2.24) is 9.80 Å². The van der Waals surface area contributed by atoms with E-state index in [2.05, 4.69) is 20.8 Å². The molecule has 0 saturated carbocycles. The van der Waals surface area contributed by atoms with Crippen LogP contribution in [-0.2, 0) is 11.3 Å². The third-order valence-corrected chi connectivity index (χ3v) is 3.81. The molecule has 0 heterocycles. The topological polar surface area (TPSA) is 43.8 Å². The predicted octanol–water partition coefficient (Wildman–Crippen LogP) is 3.29. The zero-order valence-corrected chi connectivity index (χ0v) is 16.5. The highest BCUT2D eigenvalue weighted by molar-refractivity contribution is 5.79. The van der Waals surface area contributed by atoms with Crippen molar-refractivity contribution >= 4 is 5.91 Å². The van der Waals surface area contributed by atoms with Gasteiger partial charge >= 0.3 is 0 Å². The van der Waals surface area contributed by atoms with E-state index in [1.807, 2.05) is 31.7 Å². The van der Waals surface area contributed by atoms with Gasteiger partial charge in [0.05, 0.1) is 13.2 Å². The van der Waals surface area contributed by atoms with Crippen molar-refractivity contribution in [1.29, 1.82) is 0 Å². The maximum absolute atomic E-state index is 13.5. The Hall–Kier alpha value is -1.46. The summed E-state index contributed by atoms with van der Waals surface area (Å²) in [5.74, 6) is -0.317. The molecule has 0 radical (unpaired) electrons. The Morgan fingerprint density at radius 1 is 1.16 bits per heavy atom. The number of carbonyl (C=O) groups is 1. The van der Waals surface area contributed by atoms with Crippen LogP contribution in [0.1, 0.15) is 47.1 Å². The maximum Gasteiger partial charge on any atom is 0.237 e. The SMILES string of the molecule is CC(C)(C)CN(CCO)CC(=O)N(Cc1cccc(F)c1)C(C)(C)C. The summed E-state index contributed by atoms with van der Waals surface area (Å²) in [6, 6.07) is 6.36. The molecular formula is C20H33FN2O2. The molecule has 25 heavy (non-hydrogen) atoms. The van der Waals surface area contributed by atoms with Crippen molar-refractivity contribution in [3.8, 4) is 0 Å². The lowest BCUT2D eigenvalue weighted by atomic mass is 9.96. The summed E-state index contributed by atoms with van der Waals surface area (Å²) in [6.07, 6.45) is 0. The molecule has 0 aliphatic heterocycles. The quantitative estimate of drug-likeness (QED) is 0.819. The van der Waals surface area contributed by atoms with Crippen LogP contribution in [-0.4, -0.2) is 52.6 Å². The van der Waals surface area contributed by atoms with Crippen LogP contribution in [0.4, 0.5) is 4.39 Å². The first-order valence-electron chi connectivity index (χ1n) is 8.80. The summed E-state index contributed by atoms with van der Waals surface area (Å²) < 4.78 is 13.5. The Balaban J connectivity index is 2.92. The first-order chi connectivity index (χ1) is 11.4. The molecule has 1 aromatic rings. The van der Waals surface area contributed by atoms with Gasteiger partial charge in [0.25, 0.3) is 0 Å². The highest BCUT2D eigenvalue weighted by Crippen LogP contribution is 2.20. The minimum Gasteiger partial charge on any atom is -0.395 e. The van der Waals surface area contributed by atoms with Crippen LogP contribution >= 0.6 is 0 Å². The molecule has 0 fully saturated rings. The van der Waals surface area contributed by atoms with E-state index < -0.39 is 0 Å². The molecule has 142 valence electrons. The van der Waals surface area contributed by atoms with Gasteiger partial charge in [0.15, 0.2) is 0 Å². The number of carbonyl (C=O) groups excluding carboxylic acids is 1. The Bertz CT molecular complexity index is 562. The molecule has 0 atom stereocenters. The molecule has 0 aliphatic carbocycles. The van der Waals surface area contributed by atoms with Gasteiger partial charge in [0.2, 0.25) is 5.91 Å². The van der Waals surface area contributed by atoms with Crippen LogP contribution in [0.2, 0.25) is 0 Å². The molecule has 1 rings (SSSR count). The van der Waals surface area contributed by atoms with Gasteiger partial charge in [0.1, 0.15) is 5.82 Å². The Labute approximate surface area is 151 Å². The Morgan fingerprint density at radius 2 is 1.80 bits per heavy atom. The lowest BCUT2D eigenvalue weighted by Gasteiger charge is -2.38. The van der Waals surface area contributed by atoms with Crippen LogP contribution < -0.4 is 0 Å². The first kappa shape index (κ1) is 21.6. The van der Waals surface area contributed by atoms with Gasteiger partial charge in [-0.25, -0.2) is 4.39 Å². The maximum atomic E-state index is 13.5. The standard InChI is InChI=1S/C20H33FN2O2/c1-19(2,3)15-22(10-11-24)14-18(25)23(20(4,5)6)13-16-8-7-9-17(21)12-16/h7-9,12,24H,10-11,13-15H2,1-6H3. The summed E-state index contributed by atoms with van der Waals surface area (Å²) in [5.41, 5.74) is 0.424. The second-order valence-corrected chi connectivity index (χ2v) is 8.78. The molecular weight excluding hydrogens is 319 g/mol. The fraction of sp³-hybridized carbons (Fsp3) is 0.650. The van der Waals surface area contributed by atoms with Crippen molar-refractivity contribution in [2.24, 2.45) is 5.41 Å². The lowest BCUT2D eigenvalue weighted by Crippen LogP contribution is -2.50. The second kappa shape index (κ2) is 8.77. The van der Waals surface area contributed by atoms with Crippen LogP contribution in [0, 0.1) is 11.2 Å². The van der Waals surface area contributed by atoms with Crippen LogP contribution in [0.3, 0.4) is 0 Å². The van der Waals surface area contributed by atoms with E-state index in [-0.39, 0.29) is 35.8 Å². The number of rotatable bonds is 7. The van der Waals surface area contributed by atoms with Crippen LogP contribution in [0.25, 0.3) is 0 Å². The Morgan fingerprint density at radius 3 is 2.28 bits per heavy atom. The zero-order valence-electron chi connectivity index (χ0n) is 16.5. The number of hydrogen-bond acceptors (Lipinski definition) is 3. The summed E-state index contributed by atoms with van der Waals surface area (Å²) in [5, 5.41) is 9.30. The van der Waals surface area contributed by atoms with Crippen molar-refractivity contribution < 1.29 is 14.3 Å². The number of nitrogens with zero attached hydrogens (tertiary/aromatic N) is 2. The molecule has 0 bridgehead atoms. The molecule has 0 saturated heterocycles. The Kier molecular flexibility index (Phi) is 7.57. The van der Waals surface area contributed by atoms with Crippen molar-refractivity contribution in [2.75, 3.05) is 26.2 Å². The molecule has 0 aromatic heterocycles. The van der Waals surface area contributed by atoms with Gasteiger partial charge in [-0.15, -0.1) is 0 Å². The molecule has 0 aliphatic rings. The number of benzene rings is 1. The molecule has 0 unspecified atom stereocenters. The molecule has 1 amide bonds. The number of amides is 1. The van der Waals surface area contributed by atoms with Gasteiger partial charge < -0.3 is 10.0 Å². The largest absolute Gasteiger partial charge is 0.395 e. The van der Waals surface area contributed by atoms with Gasteiger partial charge in [-0.3, -0.25) is 9.69 Å². The molecule has 5 heteroatoms. The van der Waals surface area contributed by atoms with Gasteiger partial charge in [-0.1, -0.05) is 32.9 Å². The zero-order chi connectivity index (χ0) is 19.3. The number of aliphatic hydroxyl groups is 1. The fourth-order valence-corrected chi connectivity index (χ4v) is 2.82. The van der Waals surface area contributed by atoms with Crippen LogP contribution in [0.15, 0.2) is 24.3 Å². The normalized spacial score (nSPS) is 12.5. The third kappa shape index (κ3) is 7.97. The smallest absolute Gasteiger partial charge is 0.237 e. The van der Waals surface area contributed by atoms with E-state index >= 15 is 0 Å². The highest BCUT2D eigenvalue weighted by Gasteiger charge is 2.28. The summed E-state index contributed by atoms with van der Waals surface area (Å²) >= 11 is 0.